The van der Waals surface area contributed by atoms with E-state index >= 15 is 0 Å². The van der Waals surface area contributed by atoms with Gasteiger partial charge in [-0.1, -0.05) is 0 Å². The number of benzene rings is 1. The molecule has 2 N–H and O–H groups in total. The zero-order valence-corrected chi connectivity index (χ0v) is 16.8. The van der Waals surface area contributed by atoms with E-state index in [4.69, 9.17) is 9.47 Å². The van der Waals surface area contributed by atoms with Crippen molar-refractivity contribution in [3.8, 4) is 17.6 Å². The molecule has 0 aromatic heterocycles. The van der Waals surface area contributed by atoms with Gasteiger partial charge in [0.15, 0.2) is 11.5 Å². The van der Waals surface area contributed by atoms with Gasteiger partial charge in [-0.25, -0.2) is 0 Å². The summed E-state index contributed by atoms with van der Waals surface area (Å²) >= 11 is 1.41. The fourth-order valence-corrected chi connectivity index (χ4v) is 4.49. The Morgan fingerprint density at radius 3 is 2.67 bits per heavy atom. The van der Waals surface area contributed by atoms with Crippen LogP contribution in [0.25, 0.3) is 5.70 Å². The van der Waals surface area contributed by atoms with E-state index in [1.54, 1.807) is 14.2 Å². The number of ether oxygens (including phenoxy) is 2. The second kappa shape index (κ2) is 9.36. The lowest BCUT2D eigenvalue weighted by Crippen LogP contribution is -2.31. The average Bonchev–Trinajstić information content (AvgIpc) is 3.20. The minimum Gasteiger partial charge on any atom is -0.493 e. The summed E-state index contributed by atoms with van der Waals surface area (Å²) in [6, 6.07) is 6.22. The van der Waals surface area contributed by atoms with E-state index in [1.807, 2.05) is 12.1 Å². The third-order valence-corrected chi connectivity index (χ3v) is 6.13. The summed E-state index contributed by atoms with van der Waals surface area (Å²) in [6.45, 7) is 3.56. The van der Waals surface area contributed by atoms with Crippen molar-refractivity contribution < 1.29 is 14.6 Å². The van der Waals surface area contributed by atoms with Crippen LogP contribution in [-0.4, -0.2) is 62.3 Å². The molecule has 1 aromatic rings. The summed E-state index contributed by atoms with van der Waals surface area (Å²) in [5, 5.41) is 23.4. The highest BCUT2D eigenvalue weighted by Crippen LogP contribution is 2.37. The van der Waals surface area contributed by atoms with Crippen molar-refractivity contribution in [1.29, 1.82) is 5.26 Å². The number of nitrogens with one attached hydrogen (secondary N) is 1. The first-order valence-electron chi connectivity index (χ1n) is 9.33. The van der Waals surface area contributed by atoms with E-state index in [1.165, 1.54) is 24.6 Å². The number of nitrogens with zero attached hydrogens (tertiary/aromatic N) is 2. The van der Waals surface area contributed by atoms with Crippen molar-refractivity contribution in [3.63, 3.8) is 0 Å². The molecule has 2 heterocycles. The molecule has 0 aliphatic carbocycles. The number of methoxy groups -OCH3 is 2. The number of likely N-dealkylation sites (tertiary alicyclic amines) is 1. The first kappa shape index (κ1) is 19.9. The van der Waals surface area contributed by atoms with E-state index in [2.05, 4.69) is 16.3 Å². The lowest BCUT2D eigenvalue weighted by Gasteiger charge is -2.24. The number of nitriles is 1. The topological polar surface area (TPSA) is 77.8 Å². The van der Waals surface area contributed by atoms with Gasteiger partial charge in [0.25, 0.3) is 0 Å². The number of hydrogen-bond donors (Lipinski definition) is 2. The van der Waals surface area contributed by atoms with Gasteiger partial charge in [-0.05, 0) is 50.0 Å². The Balaban J connectivity index is 1.78. The van der Waals surface area contributed by atoms with Crippen molar-refractivity contribution in [2.24, 2.45) is 0 Å². The molecule has 1 aromatic carbocycles. The lowest BCUT2D eigenvalue weighted by molar-refractivity contribution is 0.145. The molecule has 2 aliphatic rings. The fraction of sp³-hybridized carbons (Fsp3) is 0.550. The van der Waals surface area contributed by atoms with Crippen LogP contribution in [0.5, 0.6) is 11.5 Å². The summed E-state index contributed by atoms with van der Waals surface area (Å²) in [4.78, 5) is 2.89. The van der Waals surface area contributed by atoms with Crippen molar-refractivity contribution in [1.82, 2.24) is 10.2 Å². The van der Waals surface area contributed by atoms with Crippen LogP contribution >= 0.6 is 11.8 Å². The summed E-state index contributed by atoms with van der Waals surface area (Å²) in [7, 11) is 3.24. The number of aliphatic hydroxyl groups is 1. The zero-order chi connectivity index (χ0) is 19.2. The number of hydrogen-bond acceptors (Lipinski definition) is 7. The number of thioether (sulfide) groups is 1. The van der Waals surface area contributed by atoms with Gasteiger partial charge in [0, 0.05) is 24.4 Å². The standard InChI is InChI=1S/C20H27N3O3S/c1-25-17-9-14-5-6-22-20(16(14)10-18(17)26-2)19(11-21)27-13-15(24)12-23-7-3-4-8-23/h9-10,15,22,24H,3-8,12-13H2,1-2H3. The molecule has 0 spiro atoms. The number of allylic oxidation sites excluding steroid dienone is 1. The highest BCUT2D eigenvalue weighted by atomic mass is 32.2. The van der Waals surface area contributed by atoms with Gasteiger partial charge in [0.1, 0.15) is 11.0 Å². The smallest absolute Gasteiger partial charge is 0.161 e. The predicted octanol–water partition coefficient (Wildman–Crippen LogP) is 2.23. The molecule has 1 fully saturated rings. The lowest BCUT2D eigenvalue weighted by atomic mass is 9.97. The van der Waals surface area contributed by atoms with Crippen molar-refractivity contribution >= 4 is 17.5 Å². The fourth-order valence-electron chi connectivity index (χ4n) is 3.64. The van der Waals surface area contributed by atoms with Gasteiger partial charge in [-0.3, -0.25) is 0 Å². The van der Waals surface area contributed by atoms with Gasteiger partial charge in [0.2, 0.25) is 0 Å². The minimum atomic E-state index is -0.439. The predicted molar refractivity (Wildman–Crippen MR) is 108 cm³/mol. The Bertz CT molecular complexity index is 739. The minimum absolute atomic E-state index is 0.439. The molecule has 1 saturated heterocycles. The molecule has 0 bridgehead atoms. The van der Waals surface area contributed by atoms with E-state index < -0.39 is 6.10 Å². The third kappa shape index (κ3) is 4.70. The molecule has 1 unspecified atom stereocenters. The van der Waals surface area contributed by atoms with Gasteiger partial charge in [-0.2, -0.15) is 5.26 Å². The van der Waals surface area contributed by atoms with Gasteiger partial charge >= 0.3 is 0 Å². The van der Waals surface area contributed by atoms with Crippen molar-refractivity contribution in [3.05, 3.63) is 28.2 Å². The van der Waals surface area contributed by atoms with Crippen LogP contribution in [0.15, 0.2) is 17.0 Å². The number of β-amino-alcohol motifs (C(OH)–C–C–N with tert-alkyl or cyclic N) is 1. The Kier molecular flexibility index (Phi) is 6.89. The molecule has 3 rings (SSSR count). The second-order valence-corrected chi connectivity index (χ2v) is 7.86. The Hall–Kier alpha value is -1.88. The number of fused-ring (bicyclic) bond motifs is 1. The van der Waals surface area contributed by atoms with Crippen LogP contribution in [-0.2, 0) is 6.42 Å². The molecular weight excluding hydrogens is 362 g/mol. The molecule has 146 valence electrons. The third-order valence-electron chi connectivity index (χ3n) is 4.99. The van der Waals surface area contributed by atoms with Crippen molar-refractivity contribution in [2.75, 3.05) is 46.2 Å². The van der Waals surface area contributed by atoms with Gasteiger partial charge < -0.3 is 24.8 Å². The largest absolute Gasteiger partial charge is 0.493 e. The molecule has 0 amide bonds. The maximum atomic E-state index is 10.3. The summed E-state index contributed by atoms with van der Waals surface area (Å²) in [6.07, 6.45) is 2.84. The van der Waals surface area contributed by atoms with Crippen LogP contribution in [0.2, 0.25) is 0 Å². The average molecular weight is 390 g/mol. The van der Waals surface area contributed by atoms with Crippen LogP contribution in [0.3, 0.4) is 0 Å². The maximum absolute atomic E-state index is 10.3. The Labute approximate surface area is 165 Å². The van der Waals surface area contributed by atoms with Gasteiger partial charge in [0.05, 0.1) is 26.0 Å². The van der Waals surface area contributed by atoms with Crippen LogP contribution in [0.1, 0.15) is 24.0 Å². The summed E-state index contributed by atoms with van der Waals surface area (Å²) in [5.41, 5.74) is 2.92. The summed E-state index contributed by atoms with van der Waals surface area (Å²) in [5.74, 6) is 1.85. The summed E-state index contributed by atoms with van der Waals surface area (Å²) < 4.78 is 10.8. The molecule has 2 aliphatic heterocycles. The van der Waals surface area contributed by atoms with E-state index in [-0.39, 0.29) is 0 Å². The molecule has 6 nitrogen and oxygen atoms in total. The zero-order valence-electron chi connectivity index (χ0n) is 16.0. The molecule has 7 heteroatoms. The number of aliphatic hydroxyl groups excluding tert-OH is 1. The SMILES string of the molecule is COc1cc2c(cc1OC)C(=C(C#N)SCC(O)CN1CCCC1)NCC2. The Morgan fingerprint density at radius 1 is 1.30 bits per heavy atom. The first-order valence-corrected chi connectivity index (χ1v) is 10.3. The van der Waals surface area contributed by atoms with E-state index in [0.717, 1.165) is 42.9 Å². The van der Waals surface area contributed by atoms with E-state index in [0.29, 0.717) is 28.7 Å². The second-order valence-electron chi connectivity index (χ2n) is 6.83. The monoisotopic (exact) mass is 389 g/mol. The highest BCUT2D eigenvalue weighted by Gasteiger charge is 2.22. The quantitative estimate of drug-likeness (QED) is 0.693. The van der Waals surface area contributed by atoms with Crippen LogP contribution < -0.4 is 14.8 Å². The Morgan fingerprint density at radius 2 is 2.00 bits per heavy atom. The molecule has 27 heavy (non-hydrogen) atoms. The van der Waals surface area contributed by atoms with Crippen molar-refractivity contribution in [2.45, 2.75) is 25.4 Å². The van der Waals surface area contributed by atoms with E-state index in [9.17, 15) is 10.4 Å². The molecule has 0 radical (unpaired) electrons. The highest BCUT2D eigenvalue weighted by molar-refractivity contribution is 8.03. The normalized spacial score (nSPS) is 19.6. The molecule has 0 saturated carbocycles. The number of rotatable bonds is 7. The molecule has 1 atom stereocenters. The van der Waals surface area contributed by atoms with Gasteiger partial charge in [-0.15, -0.1) is 11.8 Å². The van der Waals surface area contributed by atoms with Crippen LogP contribution in [0, 0.1) is 11.3 Å². The van der Waals surface area contributed by atoms with Crippen LogP contribution in [0.4, 0.5) is 0 Å². The maximum Gasteiger partial charge on any atom is 0.161 e. The molecular formula is C20H27N3O3S. The first-order chi connectivity index (χ1) is 13.2.